The van der Waals surface area contributed by atoms with Crippen LogP contribution in [0, 0.1) is 0 Å². The molecule has 0 fully saturated rings. The van der Waals surface area contributed by atoms with Crippen molar-refractivity contribution < 1.29 is 9.90 Å². The number of hydrogen-bond acceptors (Lipinski definition) is 4. The van der Waals surface area contributed by atoms with Crippen molar-refractivity contribution in [2.45, 2.75) is 13.8 Å². The second-order valence-electron chi connectivity index (χ2n) is 1.41. The average molecular weight is 165 g/mol. The molecule has 7 N–H and O–H groups in total. The van der Waals surface area contributed by atoms with Gasteiger partial charge in [0.2, 0.25) is 0 Å². The number of carboxylic acid groups (broad SMARTS) is 1. The van der Waals surface area contributed by atoms with Gasteiger partial charge in [-0.1, -0.05) is 13.8 Å². The molecule has 0 radical (unpaired) electrons. The van der Waals surface area contributed by atoms with E-state index in [-0.39, 0.29) is 6.54 Å². The van der Waals surface area contributed by atoms with E-state index < -0.39 is 5.97 Å². The summed E-state index contributed by atoms with van der Waals surface area (Å²) in [4.78, 5) is 9.24. The second kappa shape index (κ2) is 22.8. The van der Waals surface area contributed by atoms with E-state index in [9.17, 15) is 4.79 Å². The zero-order chi connectivity index (χ0) is 9.70. The maximum absolute atomic E-state index is 9.24. The van der Waals surface area contributed by atoms with Crippen molar-refractivity contribution in [3.63, 3.8) is 0 Å². The van der Waals surface area contributed by atoms with Crippen LogP contribution in [0.2, 0.25) is 0 Å². The van der Waals surface area contributed by atoms with Crippen molar-refractivity contribution in [3.8, 4) is 0 Å². The lowest BCUT2D eigenvalue weighted by Gasteiger charge is -1.73. The van der Waals surface area contributed by atoms with Gasteiger partial charge in [-0.15, -0.1) is 0 Å². The fourth-order valence-corrected chi connectivity index (χ4v) is 0. The number of carbonyl (C=O) groups is 1. The van der Waals surface area contributed by atoms with Crippen LogP contribution in [0.3, 0.4) is 0 Å². The quantitative estimate of drug-likeness (QED) is 0.396. The fourth-order valence-electron chi connectivity index (χ4n) is 0. The summed E-state index contributed by atoms with van der Waals surface area (Å²) in [7, 11) is 0. The lowest BCUT2D eigenvalue weighted by atomic mass is 10.7. The Morgan fingerprint density at radius 2 is 1.27 bits per heavy atom. The molecule has 0 aliphatic heterocycles. The normalized spacial score (nSPS) is 6.64. The fraction of sp³-hybridized carbons (Fsp3) is 0.833. The van der Waals surface area contributed by atoms with Crippen molar-refractivity contribution in [1.29, 1.82) is 0 Å². The highest BCUT2D eigenvalue weighted by molar-refractivity contribution is 5.68. The monoisotopic (exact) mass is 165 g/mol. The SMILES string of the molecule is CCN.CCN.NCC(=O)O. The largest absolute Gasteiger partial charge is 0.480 e. The maximum atomic E-state index is 9.24. The predicted molar refractivity (Wildman–Crippen MR) is 46.1 cm³/mol. The Morgan fingerprint density at radius 3 is 1.27 bits per heavy atom. The first-order chi connectivity index (χ1) is 5.10. The van der Waals surface area contributed by atoms with Gasteiger partial charge in [0.05, 0.1) is 6.54 Å². The molecule has 0 aliphatic rings. The Morgan fingerprint density at radius 1 is 1.18 bits per heavy atom. The Hall–Kier alpha value is -0.650. The number of hydrogen-bond donors (Lipinski definition) is 4. The Labute approximate surface area is 67.6 Å². The van der Waals surface area contributed by atoms with Crippen molar-refractivity contribution in [2.24, 2.45) is 17.2 Å². The van der Waals surface area contributed by atoms with E-state index in [1.807, 2.05) is 13.8 Å². The van der Waals surface area contributed by atoms with Gasteiger partial charge >= 0.3 is 5.97 Å². The maximum Gasteiger partial charge on any atom is 0.317 e. The van der Waals surface area contributed by atoms with Crippen molar-refractivity contribution in [2.75, 3.05) is 19.6 Å². The lowest BCUT2D eigenvalue weighted by molar-refractivity contribution is -0.135. The van der Waals surface area contributed by atoms with Crippen molar-refractivity contribution in [1.82, 2.24) is 0 Å². The lowest BCUT2D eigenvalue weighted by Crippen LogP contribution is -2.10. The highest BCUT2D eigenvalue weighted by atomic mass is 16.4. The van der Waals surface area contributed by atoms with E-state index in [1.165, 1.54) is 0 Å². The molecule has 5 nitrogen and oxygen atoms in total. The Bertz CT molecular complexity index is 66.8. The van der Waals surface area contributed by atoms with Crippen LogP contribution in [-0.4, -0.2) is 30.7 Å². The van der Waals surface area contributed by atoms with Crippen LogP contribution in [0.5, 0.6) is 0 Å². The number of rotatable bonds is 1. The zero-order valence-electron chi connectivity index (χ0n) is 7.21. The highest BCUT2D eigenvalue weighted by Gasteiger charge is 1.81. The molecule has 0 saturated carbocycles. The molecular weight excluding hydrogens is 146 g/mol. The van der Waals surface area contributed by atoms with E-state index in [1.54, 1.807) is 0 Å². The molecule has 0 rings (SSSR count). The first-order valence-electron chi connectivity index (χ1n) is 3.42. The summed E-state index contributed by atoms with van der Waals surface area (Å²) >= 11 is 0. The van der Waals surface area contributed by atoms with Crippen LogP contribution in [-0.2, 0) is 4.79 Å². The Kier molecular flexibility index (Phi) is 34.7. The van der Waals surface area contributed by atoms with Gasteiger partial charge in [-0.2, -0.15) is 0 Å². The smallest absolute Gasteiger partial charge is 0.317 e. The molecular formula is C6H19N3O2. The Balaban J connectivity index is -0.0000000933. The summed E-state index contributed by atoms with van der Waals surface area (Å²) in [6.45, 7) is 5.03. The minimum atomic E-state index is -0.968. The molecule has 0 atom stereocenters. The van der Waals surface area contributed by atoms with Gasteiger partial charge in [0.1, 0.15) is 0 Å². The molecule has 0 aromatic rings. The van der Waals surface area contributed by atoms with E-state index in [0.717, 1.165) is 13.1 Å². The molecule has 11 heavy (non-hydrogen) atoms. The first-order valence-corrected chi connectivity index (χ1v) is 3.42. The van der Waals surface area contributed by atoms with Gasteiger partial charge in [-0.25, -0.2) is 0 Å². The summed E-state index contributed by atoms with van der Waals surface area (Å²) in [6, 6.07) is 0. The van der Waals surface area contributed by atoms with Crippen LogP contribution in [0.25, 0.3) is 0 Å². The molecule has 0 spiro atoms. The van der Waals surface area contributed by atoms with E-state index in [4.69, 9.17) is 16.6 Å². The van der Waals surface area contributed by atoms with E-state index in [0.29, 0.717) is 0 Å². The summed E-state index contributed by atoms with van der Waals surface area (Å²) in [6.07, 6.45) is 0. The first kappa shape index (κ1) is 16.7. The molecule has 0 heterocycles. The molecule has 0 saturated heterocycles. The van der Waals surface area contributed by atoms with Gasteiger partial charge < -0.3 is 22.3 Å². The molecule has 5 heteroatoms. The number of aliphatic carboxylic acids is 1. The average Bonchev–Trinajstić information content (AvgIpc) is 1.91. The van der Waals surface area contributed by atoms with Crippen LogP contribution >= 0.6 is 0 Å². The van der Waals surface area contributed by atoms with Crippen LogP contribution in [0.4, 0.5) is 0 Å². The second-order valence-corrected chi connectivity index (χ2v) is 1.41. The van der Waals surface area contributed by atoms with E-state index in [2.05, 4.69) is 5.73 Å². The highest BCUT2D eigenvalue weighted by Crippen LogP contribution is 1.43. The zero-order valence-corrected chi connectivity index (χ0v) is 7.21. The third-order valence-electron chi connectivity index (χ3n) is 0.175. The van der Waals surface area contributed by atoms with Crippen LogP contribution in [0.1, 0.15) is 13.8 Å². The minimum absolute atomic E-state index is 0.278. The third kappa shape index (κ3) is 277. The molecule has 0 bridgehead atoms. The van der Waals surface area contributed by atoms with Crippen LogP contribution < -0.4 is 17.2 Å². The molecule has 0 amide bonds. The summed E-state index contributed by atoms with van der Waals surface area (Å²) in [5.74, 6) is -0.968. The molecule has 0 aromatic carbocycles. The van der Waals surface area contributed by atoms with Crippen LogP contribution in [0.15, 0.2) is 0 Å². The molecule has 0 aliphatic carbocycles. The van der Waals surface area contributed by atoms with Gasteiger partial charge in [0.25, 0.3) is 0 Å². The summed E-state index contributed by atoms with van der Waals surface area (Å²) in [5, 5.41) is 7.60. The number of nitrogens with two attached hydrogens (primary N) is 3. The standard InChI is InChI=1S/C2H5NO2.2C2H7N/c3-1-2(4)5;2*1-2-3/h1,3H2,(H,4,5);2*2-3H2,1H3. The molecule has 0 aromatic heterocycles. The van der Waals surface area contributed by atoms with Crippen molar-refractivity contribution in [3.05, 3.63) is 0 Å². The van der Waals surface area contributed by atoms with Gasteiger partial charge in [0, 0.05) is 0 Å². The minimum Gasteiger partial charge on any atom is -0.480 e. The molecule has 0 unspecified atom stereocenters. The van der Waals surface area contributed by atoms with E-state index >= 15 is 0 Å². The number of carboxylic acids is 1. The van der Waals surface area contributed by atoms with Gasteiger partial charge in [-0.3, -0.25) is 4.79 Å². The summed E-state index contributed by atoms with van der Waals surface area (Å²) in [5.41, 5.74) is 14.3. The van der Waals surface area contributed by atoms with Gasteiger partial charge in [0.15, 0.2) is 0 Å². The predicted octanol–water partition coefficient (Wildman–Crippen LogP) is -1.04. The molecule has 70 valence electrons. The topological polar surface area (TPSA) is 115 Å². The third-order valence-corrected chi connectivity index (χ3v) is 0.175. The van der Waals surface area contributed by atoms with Crippen molar-refractivity contribution >= 4 is 5.97 Å². The van der Waals surface area contributed by atoms with Gasteiger partial charge in [-0.05, 0) is 13.1 Å². The summed E-state index contributed by atoms with van der Waals surface area (Å²) < 4.78 is 0.